The van der Waals surface area contributed by atoms with Crippen molar-refractivity contribution in [3.05, 3.63) is 58.3 Å². The first kappa shape index (κ1) is 20.6. The highest BCUT2D eigenvalue weighted by Gasteiger charge is 2.20. The van der Waals surface area contributed by atoms with Crippen LogP contribution in [0, 0.1) is 0 Å². The third kappa shape index (κ3) is 7.22. The largest absolute Gasteiger partial charge is 0.463 e. The fourth-order valence-electron chi connectivity index (χ4n) is 2.47. The normalized spacial score (nSPS) is 11.7. The van der Waals surface area contributed by atoms with Gasteiger partial charge in [0.2, 0.25) is 5.91 Å². The van der Waals surface area contributed by atoms with Crippen LogP contribution in [0.4, 0.5) is 0 Å². The molecule has 0 fully saturated rings. The summed E-state index contributed by atoms with van der Waals surface area (Å²) in [6.45, 7) is 3.79. The summed E-state index contributed by atoms with van der Waals surface area (Å²) in [5, 5.41) is 7.39. The molecule has 6 nitrogen and oxygen atoms in total. The molecule has 2 N–H and O–H groups in total. The first-order valence-electron chi connectivity index (χ1n) is 8.81. The maximum atomic E-state index is 12.3. The Kier molecular flexibility index (Phi) is 8.00. The topological polar surface area (TPSA) is 84.5 Å². The maximum Gasteiger partial charge on any atom is 0.308 e. The van der Waals surface area contributed by atoms with Crippen molar-refractivity contribution in [1.82, 2.24) is 10.6 Å². The number of nitrogens with one attached hydrogen (secondary N) is 2. The summed E-state index contributed by atoms with van der Waals surface area (Å²) >= 11 is 1.35. The Balaban J connectivity index is 1.88. The van der Waals surface area contributed by atoms with E-state index in [0.29, 0.717) is 4.88 Å². The number of hydrogen-bond donors (Lipinski definition) is 2. The van der Waals surface area contributed by atoms with Crippen molar-refractivity contribution in [3.8, 4) is 0 Å². The van der Waals surface area contributed by atoms with Gasteiger partial charge in [0.25, 0.3) is 5.91 Å². The van der Waals surface area contributed by atoms with E-state index in [-0.39, 0.29) is 43.3 Å². The van der Waals surface area contributed by atoms with Gasteiger partial charge < -0.3 is 15.4 Å². The molecule has 0 radical (unpaired) electrons. The van der Waals surface area contributed by atoms with Gasteiger partial charge in [0, 0.05) is 13.0 Å². The lowest BCUT2D eigenvalue weighted by atomic mass is 10.0. The lowest BCUT2D eigenvalue weighted by Crippen LogP contribution is -2.34. The highest BCUT2D eigenvalue weighted by molar-refractivity contribution is 7.12. The number of hydrogen-bond acceptors (Lipinski definition) is 5. The van der Waals surface area contributed by atoms with Gasteiger partial charge in [-0.1, -0.05) is 36.4 Å². The quantitative estimate of drug-likeness (QED) is 0.647. The molecule has 2 amide bonds. The van der Waals surface area contributed by atoms with Crippen molar-refractivity contribution < 1.29 is 19.1 Å². The predicted octanol–water partition coefficient (Wildman–Crippen LogP) is 3.07. The average molecular weight is 388 g/mol. The molecule has 0 spiro atoms. The Morgan fingerprint density at radius 1 is 1.07 bits per heavy atom. The predicted molar refractivity (Wildman–Crippen MR) is 104 cm³/mol. The summed E-state index contributed by atoms with van der Waals surface area (Å²) in [5.74, 6) is -0.809. The second-order valence-corrected chi connectivity index (χ2v) is 7.20. The van der Waals surface area contributed by atoms with Gasteiger partial charge in [-0.2, -0.15) is 0 Å². The van der Waals surface area contributed by atoms with Crippen LogP contribution in [0.25, 0.3) is 0 Å². The van der Waals surface area contributed by atoms with Gasteiger partial charge in [0.1, 0.15) is 0 Å². The maximum absolute atomic E-state index is 12.3. The third-order valence-corrected chi connectivity index (χ3v) is 4.53. The zero-order chi connectivity index (χ0) is 19.6. The van der Waals surface area contributed by atoms with Crippen LogP contribution in [-0.2, 0) is 14.3 Å². The molecule has 2 aromatic rings. The Labute approximate surface area is 162 Å². The number of esters is 1. The van der Waals surface area contributed by atoms with E-state index in [1.54, 1.807) is 26.0 Å². The molecule has 0 aliphatic carbocycles. The zero-order valence-electron chi connectivity index (χ0n) is 15.4. The van der Waals surface area contributed by atoms with Gasteiger partial charge in [0.15, 0.2) is 0 Å². The molecule has 0 bridgehead atoms. The number of carbonyl (C=O) groups is 3. The number of ether oxygens (including phenoxy) is 1. The number of rotatable bonds is 9. The monoisotopic (exact) mass is 388 g/mol. The minimum Gasteiger partial charge on any atom is -0.463 e. The van der Waals surface area contributed by atoms with Gasteiger partial charge in [-0.05, 0) is 30.9 Å². The average Bonchev–Trinajstić information content (AvgIpc) is 3.16. The Bertz CT molecular complexity index is 745. The van der Waals surface area contributed by atoms with E-state index >= 15 is 0 Å². The molecule has 144 valence electrons. The molecule has 1 unspecified atom stereocenters. The van der Waals surface area contributed by atoms with E-state index < -0.39 is 6.04 Å². The highest BCUT2D eigenvalue weighted by Crippen LogP contribution is 2.18. The molecule has 7 heteroatoms. The van der Waals surface area contributed by atoms with Crippen molar-refractivity contribution in [1.29, 1.82) is 0 Å². The molecule has 0 aliphatic rings. The SMILES string of the molecule is CC(C)OC(=O)CC(NC(=O)CCNC(=O)c1cccs1)c1ccccc1. The zero-order valence-corrected chi connectivity index (χ0v) is 16.3. The molecule has 1 aromatic heterocycles. The van der Waals surface area contributed by atoms with Crippen LogP contribution < -0.4 is 10.6 Å². The van der Waals surface area contributed by atoms with Crippen LogP contribution in [0.15, 0.2) is 47.8 Å². The van der Waals surface area contributed by atoms with Gasteiger partial charge in [-0.15, -0.1) is 11.3 Å². The molecule has 0 saturated carbocycles. The minimum absolute atomic E-state index is 0.0511. The van der Waals surface area contributed by atoms with E-state index in [0.717, 1.165) is 5.56 Å². The first-order valence-corrected chi connectivity index (χ1v) is 9.69. The van der Waals surface area contributed by atoms with Crippen LogP contribution in [0.3, 0.4) is 0 Å². The van der Waals surface area contributed by atoms with Crippen molar-refractivity contribution >= 4 is 29.1 Å². The Morgan fingerprint density at radius 3 is 2.44 bits per heavy atom. The van der Waals surface area contributed by atoms with Crippen LogP contribution >= 0.6 is 11.3 Å². The Hall–Kier alpha value is -2.67. The van der Waals surface area contributed by atoms with E-state index in [1.807, 2.05) is 35.7 Å². The van der Waals surface area contributed by atoms with E-state index in [9.17, 15) is 14.4 Å². The molecule has 2 rings (SSSR count). The van der Waals surface area contributed by atoms with E-state index in [4.69, 9.17) is 4.74 Å². The summed E-state index contributed by atoms with van der Waals surface area (Å²) in [4.78, 5) is 36.8. The van der Waals surface area contributed by atoms with Gasteiger partial charge in [0.05, 0.1) is 23.4 Å². The molecule has 1 heterocycles. The summed E-state index contributed by atoms with van der Waals surface area (Å²) in [7, 11) is 0. The molecule has 27 heavy (non-hydrogen) atoms. The summed E-state index contributed by atoms with van der Waals surface area (Å²) in [5.41, 5.74) is 0.828. The number of amides is 2. The van der Waals surface area contributed by atoms with Gasteiger partial charge in [-0.25, -0.2) is 0 Å². The van der Waals surface area contributed by atoms with E-state index in [1.165, 1.54) is 11.3 Å². The van der Waals surface area contributed by atoms with E-state index in [2.05, 4.69) is 10.6 Å². The molecule has 0 aliphatic heterocycles. The summed E-state index contributed by atoms with van der Waals surface area (Å²) < 4.78 is 5.19. The van der Waals surface area contributed by atoms with Crippen molar-refractivity contribution in [2.24, 2.45) is 0 Å². The number of thiophene rings is 1. The number of carbonyl (C=O) groups excluding carboxylic acids is 3. The minimum atomic E-state index is -0.474. The summed E-state index contributed by atoms with van der Waals surface area (Å²) in [6, 6.07) is 12.3. The highest BCUT2D eigenvalue weighted by atomic mass is 32.1. The third-order valence-electron chi connectivity index (χ3n) is 3.66. The summed E-state index contributed by atoms with van der Waals surface area (Å²) in [6.07, 6.45) is -0.0353. The fraction of sp³-hybridized carbons (Fsp3) is 0.350. The molecular formula is C20H24N2O4S. The first-order chi connectivity index (χ1) is 13.0. The van der Waals surface area contributed by atoms with Crippen molar-refractivity contribution in [2.75, 3.05) is 6.54 Å². The van der Waals surface area contributed by atoms with Gasteiger partial charge in [-0.3, -0.25) is 14.4 Å². The second-order valence-electron chi connectivity index (χ2n) is 6.26. The van der Waals surface area contributed by atoms with Crippen LogP contribution in [0.1, 0.15) is 48.0 Å². The van der Waals surface area contributed by atoms with Crippen molar-refractivity contribution in [2.45, 2.75) is 38.8 Å². The molecule has 0 saturated heterocycles. The smallest absolute Gasteiger partial charge is 0.308 e. The molecule has 1 atom stereocenters. The second kappa shape index (κ2) is 10.5. The number of benzene rings is 1. The molecular weight excluding hydrogens is 364 g/mol. The van der Waals surface area contributed by atoms with Crippen molar-refractivity contribution in [3.63, 3.8) is 0 Å². The Morgan fingerprint density at radius 2 is 1.81 bits per heavy atom. The standard InChI is InChI=1S/C20H24N2O4S/c1-14(2)26-19(24)13-16(15-7-4-3-5-8-15)22-18(23)10-11-21-20(25)17-9-6-12-27-17/h3-9,12,14,16H,10-11,13H2,1-2H3,(H,21,25)(H,22,23). The van der Waals surface area contributed by atoms with Crippen LogP contribution in [0.5, 0.6) is 0 Å². The fourth-order valence-corrected chi connectivity index (χ4v) is 3.11. The van der Waals surface area contributed by atoms with Gasteiger partial charge >= 0.3 is 5.97 Å². The molecule has 1 aromatic carbocycles. The van der Waals surface area contributed by atoms with Crippen LogP contribution in [0.2, 0.25) is 0 Å². The van der Waals surface area contributed by atoms with Crippen LogP contribution in [-0.4, -0.2) is 30.4 Å². The lowest BCUT2D eigenvalue weighted by molar-refractivity contribution is -0.148. The lowest BCUT2D eigenvalue weighted by Gasteiger charge is -2.19.